The fourth-order valence-electron chi connectivity index (χ4n) is 5.39. The number of amides is 1. The summed E-state index contributed by atoms with van der Waals surface area (Å²) in [6.07, 6.45) is 9.24. The van der Waals surface area contributed by atoms with Crippen molar-refractivity contribution in [2.75, 3.05) is 19.6 Å². The molecule has 1 aromatic carbocycles. The lowest BCUT2D eigenvalue weighted by atomic mass is 9.74. The first-order valence-corrected chi connectivity index (χ1v) is 12.8. The molecule has 0 saturated carbocycles. The zero-order chi connectivity index (χ0) is 23.7. The Morgan fingerprint density at radius 2 is 1.84 bits per heavy atom. The summed E-state index contributed by atoms with van der Waals surface area (Å²) in [5, 5.41) is 10.1. The Labute approximate surface area is 196 Å². The summed E-state index contributed by atoms with van der Waals surface area (Å²) < 4.78 is 0. The molecule has 1 heterocycles. The lowest BCUT2D eigenvalue weighted by molar-refractivity contribution is -0.132. The molecule has 0 radical (unpaired) electrons. The van der Waals surface area contributed by atoms with Crippen LogP contribution in [0.3, 0.4) is 0 Å². The molecular formula is C28H46N2O2. The van der Waals surface area contributed by atoms with Crippen molar-refractivity contribution in [3.63, 3.8) is 0 Å². The Kier molecular flexibility index (Phi) is 10.1. The van der Waals surface area contributed by atoms with E-state index in [2.05, 4.69) is 45.2 Å². The van der Waals surface area contributed by atoms with Gasteiger partial charge in [-0.2, -0.15) is 0 Å². The molecule has 1 amide bonds. The molecule has 1 aliphatic heterocycles. The normalized spacial score (nSPS) is 16.6. The number of hydrogen-bond donors (Lipinski definition) is 1. The highest BCUT2D eigenvalue weighted by molar-refractivity contribution is 5.75. The Bertz CT molecular complexity index is 732. The monoisotopic (exact) mass is 442 g/mol. The van der Waals surface area contributed by atoms with E-state index >= 15 is 0 Å². The van der Waals surface area contributed by atoms with E-state index in [0.717, 1.165) is 76.6 Å². The Balaban J connectivity index is 1.99. The Hall–Kier alpha value is -1.97. The van der Waals surface area contributed by atoms with Crippen molar-refractivity contribution in [2.24, 2.45) is 0 Å². The molecule has 1 saturated heterocycles. The summed E-state index contributed by atoms with van der Waals surface area (Å²) in [5.74, 6) is 0.649. The lowest BCUT2D eigenvalue weighted by Crippen LogP contribution is -2.46. The summed E-state index contributed by atoms with van der Waals surface area (Å²) >= 11 is 0. The average Bonchev–Trinajstić information content (AvgIpc) is 2.76. The van der Waals surface area contributed by atoms with Gasteiger partial charge in [0, 0.05) is 37.8 Å². The number of benzene rings is 1. The largest absolute Gasteiger partial charge is 0.508 e. The molecule has 4 nitrogen and oxygen atoms in total. The summed E-state index contributed by atoms with van der Waals surface area (Å²) in [6, 6.07) is 6.52. The van der Waals surface area contributed by atoms with Crippen LogP contribution in [0.5, 0.6) is 5.75 Å². The Morgan fingerprint density at radius 3 is 2.41 bits per heavy atom. The third-order valence-electron chi connectivity index (χ3n) is 7.19. The second-order valence-corrected chi connectivity index (χ2v) is 9.95. The number of rotatable bonds is 12. The van der Waals surface area contributed by atoms with E-state index in [9.17, 15) is 9.90 Å². The van der Waals surface area contributed by atoms with E-state index < -0.39 is 0 Å². The van der Waals surface area contributed by atoms with E-state index in [1.165, 1.54) is 11.3 Å². The number of likely N-dealkylation sites (tertiary alicyclic amines) is 1. The number of phenolic OH excluding ortho intramolecular Hbond substituents is 1. The van der Waals surface area contributed by atoms with Crippen LogP contribution >= 0.6 is 0 Å². The number of piperidine rings is 1. The van der Waals surface area contributed by atoms with Gasteiger partial charge in [0.1, 0.15) is 5.75 Å². The predicted octanol–water partition coefficient (Wildman–Crippen LogP) is 6.56. The van der Waals surface area contributed by atoms with E-state index in [0.29, 0.717) is 18.2 Å². The standard InChI is InChI=1S/C28H46N2O2/c1-7-14-28(6,24-19-22(4)20-26(31)21-24)15-10-11-23(5)30(16-8-2)25-12-17-29(18-13-25)27(32)9-3/h19-21,25,31H,5,7-18H2,1-4,6H3. The minimum atomic E-state index is 0.0694. The average molecular weight is 443 g/mol. The van der Waals surface area contributed by atoms with Crippen LogP contribution in [0.25, 0.3) is 0 Å². The number of hydrogen-bond acceptors (Lipinski definition) is 3. The topological polar surface area (TPSA) is 43.8 Å². The number of nitrogens with zero attached hydrogens (tertiary/aromatic N) is 2. The molecule has 2 rings (SSSR count). The van der Waals surface area contributed by atoms with Crippen LogP contribution in [-0.2, 0) is 10.2 Å². The number of phenols is 1. The van der Waals surface area contributed by atoms with Gasteiger partial charge in [-0.05, 0) is 80.5 Å². The van der Waals surface area contributed by atoms with Gasteiger partial charge in [0.25, 0.3) is 0 Å². The van der Waals surface area contributed by atoms with Crippen molar-refractivity contribution >= 4 is 5.91 Å². The molecule has 0 spiro atoms. The van der Waals surface area contributed by atoms with Gasteiger partial charge in [0.15, 0.2) is 0 Å². The fourth-order valence-corrected chi connectivity index (χ4v) is 5.39. The van der Waals surface area contributed by atoms with Crippen molar-refractivity contribution < 1.29 is 9.90 Å². The smallest absolute Gasteiger partial charge is 0.222 e. The van der Waals surface area contributed by atoms with E-state index in [1.54, 1.807) is 0 Å². The number of carbonyl (C=O) groups is 1. The molecular weight excluding hydrogens is 396 g/mol. The maximum absolute atomic E-state index is 12.0. The maximum Gasteiger partial charge on any atom is 0.222 e. The van der Waals surface area contributed by atoms with Gasteiger partial charge in [0.2, 0.25) is 5.91 Å². The van der Waals surface area contributed by atoms with Crippen LogP contribution in [0, 0.1) is 6.92 Å². The molecule has 1 aromatic rings. The van der Waals surface area contributed by atoms with Gasteiger partial charge in [-0.3, -0.25) is 4.79 Å². The highest BCUT2D eigenvalue weighted by Crippen LogP contribution is 2.37. The zero-order valence-corrected chi connectivity index (χ0v) is 21.3. The number of carbonyl (C=O) groups excluding carboxylic acids is 1. The molecule has 1 N–H and O–H groups in total. The highest BCUT2D eigenvalue weighted by atomic mass is 16.3. The van der Waals surface area contributed by atoms with Crippen molar-refractivity contribution in [1.82, 2.24) is 9.80 Å². The molecule has 0 aliphatic carbocycles. The molecule has 0 bridgehead atoms. The molecule has 32 heavy (non-hydrogen) atoms. The van der Waals surface area contributed by atoms with E-state index in [-0.39, 0.29) is 11.3 Å². The zero-order valence-electron chi connectivity index (χ0n) is 21.3. The summed E-state index contributed by atoms with van der Waals surface area (Å²) in [7, 11) is 0. The van der Waals surface area contributed by atoms with Crippen molar-refractivity contribution in [1.29, 1.82) is 0 Å². The van der Waals surface area contributed by atoms with Gasteiger partial charge in [-0.1, -0.05) is 46.8 Å². The van der Waals surface area contributed by atoms with Crippen LogP contribution in [0.1, 0.15) is 96.6 Å². The number of aryl methyl sites for hydroxylation is 1. The second kappa shape index (κ2) is 12.3. The van der Waals surface area contributed by atoms with Crippen LogP contribution in [0.15, 0.2) is 30.5 Å². The third-order valence-corrected chi connectivity index (χ3v) is 7.19. The predicted molar refractivity (Wildman–Crippen MR) is 135 cm³/mol. The van der Waals surface area contributed by atoms with Crippen LogP contribution in [0.2, 0.25) is 0 Å². The minimum absolute atomic E-state index is 0.0694. The minimum Gasteiger partial charge on any atom is -0.508 e. The molecule has 4 heteroatoms. The maximum atomic E-state index is 12.0. The summed E-state index contributed by atoms with van der Waals surface area (Å²) in [5.41, 5.74) is 3.69. The fraction of sp³-hybridized carbons (Fsp3) is 0.679. The quantitative estimate of drug-likeness (QED) is 0.399. The van der Waals surface area contributed by atoms with E-state index in [1.807, 2.05) is 24.0 Å². The SMILES string of the molecule is C=C(CCCC(C)(CCC)c1cc(C)cc(O)c1)N(CCC)C1CCN(C(=O)CC)CC1. The van der Waals surface area contributed by atoms with Gasteiger partial charge >= 0.3 is 0 Å². The molecule has 0 aromatic heterocycles. The molecule has 180 valence electrons. The number of aromatic hydroxyl groups is 1. The first-order chi connectivity index (χ1) is 15.2. The van der Waals surface area contributed by atoms with Crippen LogP contribution in [-0.4, -0.2) is 46.5 Å². The van der Waals surface area contributed by atoms with Crippen LogP contribution in [0.4, 0.5) is 0 Å². The van der Waals surface area contributed by atoms with E-state index in [4.69, 9.17) is 0 Å². The first kappa shape index (κ1) is 26.3. The van der Waals surface area contributed by atoms with Crippen molar-refractivity contribution in [3.8, 4) is 5.75 Å². The number of allylic oxidation sites excluding steroid dienone is 1. The molecule has 1 atom stereocenters. The lowest BCUT2D eigenvalue weighted by Gasteiger charge is -2.41. The molecule has 1 unspecified atom stereocenters. The second-order valence-electron chi connectivity index (χ2n) is 9.95. The van der Waals surface area contributed by atoms with Crippen molar-refractivity contribution in [3.05, 3.63) is 41.6 Å². The van der Waals surface area contributed by atoms with Gasteiger partial charge in [-0.25, -0.2) is 0 Å². The molecule has 1 fully saturated rings. The highest BCUT2D eigenvalue weighted by Gasteiger charge is 2.28. The van der Waals surface area contributed by atoms with Crippen LogP contribution < -0.4 is 0 Å². The van der Waals surface area contributed by atoms with Gasteiger partial charge < -0.3 is 14.9 Å². The molecule has 1 aliphatic rings. The first-order valence-electron chi connectivity index (χ1n) is 12.8. The van der Waals surface area contributed by atoms with Gasteiger partial charge in [0.05, 0.1) is 0 Å². The van der Waals surface area contributed by atoms with Gasteiger partial charge in [-0.15, -0.1) is 0 Å². The Morgan fingerprint density at radius 1 is 1.16 bits per heavy atom. The third kappa shape index (κ3) is 7.02. The van der Waals surface area contributed by atoms with Crippen molar-refractivity contribution in [2.45, 2.75) is 104 Å². The summed E-state index contributed by atoms with van der Waals surface area (Å²) in [4.78, 5) is 16.6. The summed E-state index contributed by atoms with van der Waals surface area (Å²) in [6.45, 7) is 18.1.